The van der Waals surface area contributed by atoms with E-state index in [0.29, 0.717) is 19.0 Å². The fourth-order valence-corrected chi connectivity index (χ4v) is 2.33. The maximum absolute atomic E-state index is 12.0. The van der Waals surface area contributed by atoms with Crippen molar-refractivity contribution in [3.8, 4) is 5.88 Å². The van der Waals surface area contributed by atoms with Gasteiger partial charge in [-0.25, -0.2) is 9.78 Å². The van der Waals surface area contributed by atoms with E-state index in [1.807, 2.05) is 46.8 Å². The minimum atomic E-state index is -0.451. The van der Waals surface area contributed by atoms with Gasteiger partial charge < -0.3 is 14.4 Å². The molecule has 1 aromatic heterocycles. The number of aryl methyl sites for hydroxylation is 2. The van der Waals surface area contributed by atoms with Gasteiger partial charge in [-0.05, 0) is 40.2 Å². The van der Waals surface area contributed by atoms with Gasteiger partial charge in [-0.15, -0.1) is 0 Å². The Hall–Kier alpha value is -1.78. The number of amides is 1. The Bertz CT molecular complexity index is 529. The minimum Gasteiger partial charge on any atom is -0.474 e. The summed E-state index contributed by atoms with van der Waals surface area (Å²) in [5.41, 5.74) is 1.70. The van der Waals surface area contributed by atoms with Crippen molar-refractivity contribution in [2.45, 2.75) is 59.2 Å². The molecule has 5 heteroatoms. The molecule has 0 saturated carbocycles. The summed E-state index contributed by atoms with van der Waals surface area (Å²) in [6, 6.07) is 3.93. The molecule has 1 aromatic rings. The van der Waals surface area contributed by atoms with E-state index < -0.39 is 5.60 Å². The van der Waals surface area contributed by atoms with Crippen LogP contribution in [0.2, 0.25) is 0 Å². The SMILES string of the molecule is Cc1ccc(OC2CCN(C(=O)OC(C)(C)C)CC2)nc1C. The maximum Gasteiger partial charge on any atom is 0.410 e. The molecule has 0 bridgehead atoms. The van der Waals surface area contributed by atoms with E-state index in [0.717, 1.165) is 24.1 Å². The molecule has 2 heterocycles. The summed E-state index contributed by atoms with van der Waals surface area (Å²) in [5, 5.41) is 0. The highest BCUT2D eigenvalue weighted by Gasteiger charge is 2.27. The van der Waals surface area contributed by atoms with Crippen LogP contribution >= 0.6 is 0 Å². The normalized spacial score (nSPS) is 16.5. The van der Waals surface area contributed by atoms with Gasteiger partial charge in [0, 0.05) is 37.7 Å². The first-order valence-electron chi connectivity index (χ1n) is 7.83. The van der Waals surface area contributed by atoms with Gasteiger partial charge in [-0.2, -0.15) is 0 Å². The quantitative estimate of drug-likeness (QED) is 0.839. The predicted octanol–water partition coefficient (Wildman–Crippen LogP) is 3.48. The van der Waals surface area contributed by atoms with E-state index in [9.17, 15) is 4.79 Å². The Balaban J connectivity index is 1.84. The average Bonchev–Trinajstić information content (AvgIpc) is 2.42. The summed E-state index contributed by atoms with van der Waals surface area (Å²) in [4.78, 5) is 18.2. The van der Waals surface area contributed by atoms with Crippen LogP contribution in [0, 0.1) is 13.8 Å². The first-order valence-corrected chi connectivity index (χ1v) is 7.83. The molecule has 1 amide bonds. The molecule has 1 saturated heterocycles. The zero-order valence-corrected chi connectivity index (χ0v) is 14.2. The molecule has 0 unspecified atom stereocenters. The third-order valence-electron chi connectivity index (χ3n) is 3.71. The number of ether oxygens (including phenoxy) is 2. The molecular weight excluding hydrogens is 280 g/mol. The van der Waals surface area contributed by atoms with Crippen molar-refractivity contribution in [3.05, 3.63) is 23.4 Å². The number of likely N-dealkylation sites (tertiary alicyclic amines) is 1. The Morgan fingerprint density at radius 3 is 2.41 bits per heavy atom. The molecule has 5 nitrogen and oxygen atoms in total. The number of hydrogen-bond acceptors (Lipinski definition) is 4. The molecule has 1 aliphatic rings. The first-order chi connectivity index (χ1) is 10.2. The molecule has 22 heavy (non-hydrogen) atoms. The summed E-state index contributed by atoms with van der Waals surface area (Å²) in [5.74, 6) is 0.666. The van der Waals surface area contributed by atoms with Crippen LogP contribution in [0.15, 0.2) is 12.1 Å². The number of aromatic nitrogens is 1. The van der Waals surface area contributed by atoms with Gasteiger partial charge in [0.15, 0.2) is 0 Å². The third kappa shape index (κ3) is 4.61. The number of piperidine rings is 1. The molecule has 0 aliphatic carbocycles. The Morgan fingerprint density at radius 2 is 1.86 bits per heavy atom. The van der Waals surface area contributed by atoms with Crippen LogP contribution in [0.25, 0.3) is 0 Å². The lowest BCUT2D eigenvalue weighted by Crippen LogP contribution is -2.44. The van der Waals surface area contributed by atoms with Crippen molar-refractivity contribution < 1.29 is 14.3 Å². The summed E-state index contributed by atoms with van der Waals surface area (Å²) < 4.78 is 11.3. The molecule has 0 N–H and O–H groups in total. The molecule has 1 aliphatic heterocycles. The summed E-state index contributed by atoms with van der Waals surface area (Å²) in [6.45, 7) is 11.0. The molecule has 122 valence electrons. The zero-order chi connectivity index (χ0) is 16.3. The van der Waals surface area contributed by atoms with Crippen molar-refractivity contribution in [2.75, 3.05) is 13.1 Å². The van der Waals surface area contributed by atoms with E-state index in [4.69, 9.17) is 9.47 Å². The first kappa shape index (κ1) is 16.6. The third-order valence-corrected chi connectivity index (χ3v) is 3.71. The predicted molar refractivity (Wildman–Crippen MR) is 85.2 cm³/mol. The van der Waals surface area contributed by atoms with Crippen molar-refractivity contribution in [1.82, 2.24) is 9.88 Å². The van der Waals surface area contributed by atoms with Crippen molar-refractivity contribution in [3.63, 3.8) is 0 Å². The second-order valence-corrected chi connectivity index (χ2v) is 6.84. The molecule has 0 radical (unpaired) electrons. The second-order valence-electron chi connectivity index (χ2n) is 6.84. The fraction of sp³-hybridized carbons (Fsp3) is 0.647. The van der Waals surface area contributed by atoms with E-state index in [-0.39, 0.29) is 12.2 Å². The largest absolute Gasteiger partial charge is 0.474 e. The van der Waals surface area contributed by atoms with Gasteiger partial charge in [0.1, 0.15) is 11.7 Å². The number of nitrogens with zero attached hydrogens (tertiary/aromatic N) is 2. The molecule has 0 spiro atoms. The highest BCUT2D eigenvalue weighted by molar-refractivity contribution is 5.68. The van der Waals surface area contributed by atoms with Crippen molar-refractivity contribution in [2.24, 2.45) is 0 Å². The van der Waals surface area contributed by atoms with Crippen LogP contribution < -0.4 is 4.74 Å². The van der Waals surface area contributed by atoms with Gasteiger partial charge in [0.05, 0.1) is 0 Å². The molecular formula is C17H26N2O3. The van der Waals surface area contributed by atoms with Gasteiger partial charge >= 0.3 is 6.09 Å². The van der Waals surface area contributed by atoms with Crippen LogP contribution in [0.1, 0.15) is 44.9 Å². The highest BCUT2D eigenvalue weighted by Crippen LogP contribution is 2.20. The topological polar surface area (TPSA) is 51.7 Å². The molecule has 0 atom stereocenters. The maximum atomic E-state index is 12.0. The zero-order valence-electron chi connectivity index (χ0n) is 14.2. The van der Waals surface area contributed by atoms with E-state index >= 15 is 0 Å². The number of rotatable bonds is 2. The van der Waals surface area contributed by atoms with Crippen LogP contribution in [0.3, 0.4) is 0 Å². The van der Waals surface area contributed by atoms with E-state index in [2.05, 4.69) is 4.98 Å². The minimum absolute atomic E-state index is 0.105. The van der Waals surface area contributed by atoms with Crippen LogP contribution in [0.4, 0.5) is 4.79 Å². The molecule has 2 rings (SSSR count). The lowest BCUT2D eigenvalue weighted by molar-refractivity contribution is 0.0123. The monoisotopic (exact) mass is 306 g/mol. The second kappa shape index (κ2) is 6.55. The van der Waals surface area contributed by atoms with Crippen LogP contribution in [0.5, 0.6) is 5.88 Å². The summed E-state index contributed by atoms with van der Waals surface area (Å²) >= 11 is 0. The summed E-state index contributed by atoms with van der Waals surface area (Å²) in [6.07, 6.45) is 1.46. The van der Waals surface area contributed by atoms with Crippen LogP contribution in [-0.2, 0) is 4.74 Å². The molecule has 0 aromatic carbocycles. The van der Waals surface area contributed by atoms with Gasteiger partial charge in [0.2, 0.25) is 5.88 Å². The Labute approximate surface area is 132 Å². The number of carbonyl (C=O) groups is 1. The lowest BCUT2D eigenvalue weighted by atomic mass is 10.1. The van der Waals surface area contributed by atoms with E-state index in [1.54, 1.807) is 4.90 Å². The van der Waals surface area contributed by atoms with Crippen LogP contribution in [-0.4, -0.2) is 40.8 Å². The molecule has 1 fully saturated rings. The number of carbonyl (C=O) groups excluding carboxylic acids is 1. The van der Waals surface area contributed by atoms with Gasteiger partial charge in [-0.3, -0.25) is 0 Å². The van der Waals surface area contributed by atoms with Gasteiger partial charge in [-0.1, -0.05) is 6.07 Å². The van der Waals surface area contributed by atoms with E-state index in [1.165, 1.54) is 0 Å². The Morgan fingerprint density at radius 1 is 1.23 bits per heavy atom. The van der Waals surface area contributed by atoms with Gasteiger partial charge in [0.25, 0.3) is 0 Å². The fourth-order valence-electron chi connectivity index (χ4n) is 2.33. The lowest BCUT2D eigenvalue weighted by Gasteiger charge is -2.33. The summed E-state index contributed by atoms with van der Waals surface area (Å²) in [7, 11) is 0. The van der Waals surface area contributed by atoms with Crippen molar-refractivity contribution in [1.29, 1.82) is 0 Å². The highest BCUT2D eigenvalue weighted by atomic mass is 16.6. The smallest absolute Gasteiger partial charge is 0.410 e. The number of hydrogen-bond donors (Lipinski definition) is 0. The standard InChI is InChI=1S/C17H26N2O3/c1-12-6-7-15(18-13(12)2)21-14-8-10-19(11-9-14)16(20)22-17(3,4)5/h6-7,14H,8-11H2,1-5H3. The van der Waals surface area contributed by atoms with Crippen molar-refractivity contribution >= 4 is 6.09 Å². The average molecular weight is 306 g/mol. The Kier molecular flexibility index (Phi) is 4.94. The number of pyridine rings is 1.